The number of aromatic nitrogens is 11. The maximum Gasteiger partial charge on any atom is 0.380 e. The monoisotopic (exact) mass is 391 g/mol. The predicted molar refractivity (Wildman–Crippen MR) is 83.7 cm³/mol. The topological polar surface area (TPSA) is 188 Å². The van der Waals surface area contributed by atoms with Gasteiger partial charge in [-0.25, -0.2) is 9.59 Å². The first-order valence-corrected chi connectivity index (χ1v) is 7.80. The average Bonchev–Trinajstić information content (AvgIpc) is 3.38. The summed E-state index contributed by atoms with van der Waals surface area (Å²) in [5.41, 5.74) is 0. The van der Waals surface area contributed by atoms with Crippen LogP contribution in [0.4, 0.5) is 0 Å². The summed E-state index contributed by atoms with van der Waals surface area (Å²) in [6, 6.07) is -0.134. The highest BCUT2D eigenvalue weighted by Crippen LogP contribution is 2.08. The molecule has 0 unspecified atom stereocenters. The molecule has 28 heavy (non-hydrogen) atoms. The molecule has 146 valence electrons. The van der Waals surface area contributed by atoms with Gasteiger partial charge in [-0.1, -0.05) is 9.59 Å². The Morgan fingerprint density at radius 2 is 1.29 bits per heavy atom. The molecule has 0 fully saturated rings. The number of nitrogens with zero attached hydrogens (tertiary/aromatic N) is 11. The van der Waals surface area contributed by atoms with Gasteiger partial charge in [-0.15, -0.1) is 20.4 Å². The number of methoxy groups -OCH3 is 1. The van der Waals surface area contributed by atoms with Gasteiger partial charge < -0.3 is 14.2 Å². The van der Waals surface area contributed by atoms with Crippen LogP contribution in [0, 0.1) is 0 Å². The third-order valence-electron chi connectivity index (χ3n) is 2.87. The van der Waals surface area contributed by atoms with E-state index in [9.17, 15) is 9.59 Å². The lowest BCUT2D eigenvalue weighted by Gasteiger charge is -2.03. The molecule has 0 saturated heterocycles. The van der Waals surface area contributed by atoms with E-state index < -0.39 is 11.9 Å². The molecular weight excluding hydrogens is 378 g/mol. The van der Waals surface area contributed by atoms with Crippen LogP contribution in [-0.2, 0) is 9.47 Å². The van der Waals surface area contributed by atoms with E-state index in [2.05, 4.69) is 45.8 Å². The fourth-order valence-corrected chi connectivity index (χ4v) is 1.76. The molecule has 16 nitrogen and oxygen atoms in total. The summed E-state index contributed by atoms with van der Waals surface area (Å²) in [5.74, 6) is -2.39. The molecule has 0 spiro atoms. The first kappa shape index (κ1) is 18.7. The van der Waals surface area contributed by atoms with Gasteiger partial charge in [-0.2, -0.15) is 15.0 Å². The van der Waals surface area contributed by atoms with Crippen LogP contribution in [0.1, 0.15) is 35.1 Å². The molecule has 0 aliphatic rings. The molecule has 16 heteroatoms. The van der Waals surface area contributed by atoms with Gasteiger partial charge in [-0.3, -0.25) is 0 Å². The smallest absolute Gasteiger partial charge is 0.380 e. The lowest BCUT2D eigenvalue weighted by Crippen LogP contribution is -2.14. The van der Waals surface area contributed by atoms with E-state index in [4.69, 9.17) is 14.2 Å². The Balaban J connectivity index is 1.95. The minimum Gasteiger partial charge on any atom is -0.467 e. The van der Waals surface area contributed by atoms with Crippen LogP contribution in [0.3, 0.4) is 0 Å². The van der Waals surface area contributed by atoms with E-state index in [1.807, 2.05) is 0 Å². The van der Waals surface area contributed by atoms with Crippen LogP contribution in [0.2, 0.25) is 0 Å². The van der Waals surface area contributed by atoms with Gasteiger partial charge in [-0.05, 0) is 24.3 Å². The molecule has 0 aliphatic carbocycles. The standard InChI is InChI=1S/C12H13N11O5/c1-4-27-8(24)6-16-20-22(18-6)10-13-11(15-12(14-10)26-3)23-19-7(17-21-23)9(25)28-5-2/h4-5H2,1-3H3. The predicted octanol–water partition coefficient (Wildman–Crippen LogP) is -1.81. The van der Waals surface area contributed by atoms with Crippen molar-refractivity contribution in [3.63, 3.8) is 0 Å². The van der Waals surface area contributed by atoms with Gasteiger partial charge in [0.15, 0.2) is 0 Å². The van der Waals surface area contributed by atoms with Gasteiger partial charge in [0, 0.05) is 0 Å². The molecule has 0 bridgehead atoms. The highest BCUT2D eigenvalue weighted by Gasteiger charge is 2.20. The van der Waals surface area contributed by atoms with E-state index in [1.54, 1.807) is 13.8 Å². The van der Waals surface area contributed by atoms with Crippen LogP contribution in [-0.4, -0.2) is 87.6 Å². The summed E-state index contributed by atoms with van der Waals surface area (Å²) in [6.07, 6.45) is 0. The fraction of sp³-hybridized carbons (Fsp3) is 0.417. The molecule has 0 N–H and O–H groups in total. The molecule has 0 radical (unpaired) electrons. The Kier molecular flexibility index (Phi) is 5.38. The third kappa shape index (κ3) is 3.84. The number of rotatable bonds is 7. The Morgan fingerprint density at radius 1 is 0.821 bits per heavy atom. The van der Waals surface area contributed by atoms with Gasteiger partial charge in [0.1, 0.15) is 0 Å². The van der Waals surface area contributed by atoms with E-state index in [0.717, 1.165) is 9.59 Å². The summed E-state index contributed by atoms with van der Waals surface area (Å²) in [4.78, 5) is 37.0. The molecular formula is C12H13N11O5. The maximum absolute atomic E-state index is 11.7. The van der Waals surface area contributed by atoms with Crippen molar-refractivity contribution in [3.8, 4) is 17.9 Å². The second kappa shape index (κ2) is 8.06. The number of carbonyl (C=O) groups excluding carboxylic acids is 2. The second-order valence-corrected chi connectivity index (χ2v) is 4.67. The van der Waals surface area contributed by atoms with E-state index in [1.165, 1.54) is 7.11 Å². The maximum atomic E-state index is 11.7. The molecule has 0 amide bonds. The van der Waals surface area contributed by atoms with Crippen molar-refractivity contribution in [1.29, 1.82) is 0 Å². The summed E-state index contributed by atoms with van der Waals surface area (Å²) in [6.45, 7) is 3.58. The number of carbonyl (C=O) groups is 2. The zero-order valence-electron chi connectivity index (χ0n) is 14.9. The Labute approximate surface area is 155 Å². The van der Waals surface area contributed by atoms with Crippen molar-refractivity contribution in [1.82, 2.24) is 55.4 Å². The highest BCUT2D eigenvalue weighted by molar-refractivity contribution is 5.85. The minimum atomic E-state index is -0.757. The molecule has 3 aromatic heterocycles. The van der Waals surface area contributed by atoms with Crippen LogP contribution in [0.15, 0.2) is 0 Å². The van der Waals surface area contributed by atoms with Gasteiger partial charge in [0.25, 0.3) is 23.5 Å². The summed E-state index contributed by atoms with van der Waals surface area (Å²) in [7, 11) is 1.32. The van der Waals surface area contributed by atoms with Gasteiger partial charge in [0.05, 0.1) is 20.3 Å². The van der Waals surface area contributed by atoms with E-state index >= 15 is 0 Å². The summed E-state index contributed by atoms with van der Waals surface area (Å²) in [5, 5.41) is 22.2. The quantitative estimate of drug-likeness (QED) is 0.409. The van der Waals surface area contributed by atoms with Crippen LogP contribution >= 0.6 is 0 Å². The van der Waals surface area contributed by atoms with Crippen LogP contribution in [0.25, 0.3) is 11.9 Å². The molecule has 3 aromatic rings. The van der Waals surface area contributed by atoms with Crippen molar-refractivity contribution >= 4 is 11.9 Å². The van der Waals surface area contributed by atoms with Gasteiger partial charge in [0.2, 0.25) is 0 Å². The van der Waals surface area contributed by atoms with Crippen molar-refractivity contribution < 1.29 is 23.8 Å². The number of ether oxygens (including phenoxy) is 3. The van der Waals surface area contributed by atoms with Crippen LogP contribution < -0.4 is 4.74 Å². The highest BCUT2D eigenvalue weighted by atomic mass is 16.5. The Hall–Kier alpha value is -4.11. The zero-order valence-corrected chi connectivity index (χ0v) is 14.9. The molecule has 0 aromatic carbocycles. The van der Waals surface area contributed by atoms with E-state index in [0.29, 0.717) is 0 Å². The zero-order chi connectivity index (χ0) is 20.1. The molecule has 3 heterocycles. The first-order chi connectivity index (χ1) is 13.5. The largest absolute Gasteiger partial charge is 0.467 e. The third-order valence-corrected chi connectivity index (χ3v) is 2.87. The Morgan fingerprint density at radius 3 is 1.68 bits per heavy atom. The number of tetrazole rings is 2. The van der Waals surface area contributed by atoms with Crippen molar-refractivity contribution in [2.24, 2.45) is 0 Å². The van der Waals surface area contributed by atoms with Crippen molar-refractivity contribution in [2.75, 3.05) is 20.3 Å². The number of esters is 2. The van der Waals surface area contributed by atoms with Crippen molar-refractivity contribution in [3.05, 3.63) is 11.6 Å². The Bertz CT molecular complexity index is 925. The lowest BCUT2D eigenvalue weighted by atomic mass is 10.6. The van der Waals surface area contributed by atoms with Crippen molar-refractivity contribution in [2.45, 2.75) is 13.8 Å². The molecule has 0 atom stereocenters. The number of hydrogen-bond donors (Lipinski definition) is 0. The molecule has 0 aliphatic heterocycles. The summed E-state index contributed by atoms with van der Waals surface area (Å²) >= 11 is 0. The number of hydrogen-bond acceptors (Lipinski definition) is 14. The molecule has 0 saturated carbocycles. The fourth-order valence-electron chi connectivity index (χ4n) is 1.76. The minimum absolute atomic E-state index is 0.134. The summed E-state index contributed by atoms with van der Waals surface area (Å²) < 4.78 is 14.6. The van der Waals surface area contributed by atoms with E-state index in [-0.39, 0.29) is 42.8 Å². The van der Waals surface area contributed by atoms with Gasteiger partial charge >= 0.3 is 17.9 Å². The average molecular weight is 391 g/mol. The van der Waals surface area contributed by atoms with Crippen LogP contribution in [0.5, 0.6) is 6.01 Å². The molecule has 3 rings (SSSR count). The SMILES string of the molecule is CCOC(=O)c1nnn(-c2nc(OC)nc(-n3nnc(C(=O)OCC)n3)n2)n1. The lowest BCUT2D eigenvalue weighted by molar-refractivity contribution is 0.0502. The normalized spacial score (nSPS) is 10.5. The first-order valence-electron chi connectivity index (χ1n) is 7.80. The second-order valence-electron chi connectivity index (χ2n) is 4.67.